The minimum atomic E-state index is -3.02. The van der Waals surface area contributed by atoms with Gasteiger partial charge in [-0.25, -0.2) is 0 Å². The quantitative estimate of drug-likeness (QED) is 0.332. The van der Waals surface area contributed by atoms with Crippen molar-refractivity contribution in [2.45, 2.75) is 29.0 Å². The second-order valence-electron chi connectivity index (χ2n) is 8.04. The molecule has 5 nitrogen and oxygen atoms in total. The van der Waals surface area contributed by atoms with E-state index in [4.69, 9.17) is 4.42 Å². The van der Waals surface area contributed by atoms with Gasteiger partial charge in [0.05, 0.1) is 5.75 Å². The molecule has 0 spiro atoms. The zero-order chi connectivity index (χ0) is 22.7. The first kappa shape index (κ1) is 22.5. The molecule has 1 aliphatic heterocycles. The molecule has 0 amide bonds. The first-order chi connectivity index (χ1) is 15.4. The highest BCUT2D eigenvalue weighted by atomic mass is 32.2. The molecular weight excluding hydrogens is 430 g/mol. The summed E-state index contributed by atoms with van der Waals surface area (Å²) in [5.74, 6) is -1.60. The molecule has 1 fully saturated rings. The number of nitrogens with zero attached hydrogens (tertiary/aromatic N) is 4. The van der Waals surface area contributed by atoms with Crippen LogP contribution in [0.5, 0.6) is 0 Å². The lowest BCUT2D eigenvalue weighted by Gasteiger charge is -2.21. The summed E-state index contributed by atoms with van der Waals surface area (Å²) in [6.45, 7) is 5.26. The number of halogens is 2. The van der Waals surface area contributed by atoms with Gasteiger partial charge in [-0.2, -0.15) is 8.78 Å². The third kappa shape index (κ3) is 5.02. The van der Waals surface area contributed by atoms with Gasteiger partial charge in [0.25, 0.3) is 5.92 Å². The summed E-state index contributed by atoms with van der Waals surface area (Å²) in [7, 11) is 4.25. The van der Waals surface area contributed by atoms with Crippen molar-refractivity contribution >= 4 is 17.4 Å². The fraction of sp³-hybridized carbons (Fsp3) is 0.333. The molecule has 1 saturated heterocycles. The van der Waals surface area contributed by atoms with Crippen molar-refractivity contribution in [1.82, 2.24) is 15.1 Å². The summed E-state index contributed by atoms with van der Waals surface area (Å²) >= 11 is 1.45. The number of aromatic nitrogens is 2. The smallest absolute Gasteiger partial charge is 0.291 e. The highest BCUT2D eigenvalue weighted by Crippen LogP contribution is 2.32. The van der Waals surface area contributed by atoms with Crippen molar-refractivity contribution in [3.05, 3.63) is 72.6 Å². The van der Waals surface area contributed by atoms with Gasteiger partial charge in [0, 0.05) is 40.8 Å². The Labute approximate surface area is 191 Å². The Balaban J connectivity index is 1.35. The fourth-order valence-corrected chi connectivity index (χ4v) is 4.41. The Morgan fingerprint density at radius 3 is 2.50 bits per heavy atom. The van der Waals surface area contributed by atoms with Crippen molar-refractivity contribution in [2.24, 2.45) is 0 Å². The normalized spacial score (nSPS) is 16.7. The molecule has 0 N–H and O–H groups in total. The van der Waals surface area contributed by atoms with E-state index in [9.17, 15) is 8.78 Å². The number of alkyl halides is 2. The predicted octanol–water partition coefficient (Wildman–Crippen LogP) is 5.45. The number of rotatable bonds is 8. The molecule has 3 aromatic rings. The van der Waals surface area contributed by atoms with Crippen LogP contribution in [-0.2, 0) is 11.7 Å². The van der Waals surface area contributed by atoms with Crippen molar-refractivity contribution in [3.8, 4) is 11.5 Å². The van der Waals surface area contributed by atoms with Gasteiger partial charge in [0.2, 0.25) is 11.8 Å². The largest absolute Gasteiger partial charge is 0.420 e. The predicted molar refractivity (Wildman–Crippen MR) is 124 cm³/mol. The molecular formula is C24H26F2N4OS. The van der Waals surface area contributed by atoms with E-state index in [0.29, 0.717) is 29.7 Å². The van der Waals surface area contributed by atoms with Gasteiger partial charge in [-0.15, -0.1) is 22.0 Å². The topological polar surface area (TPSA) is 45.4 Å². The lowest BCUT2D eigenvalue weighted by molar-refractivity contribution is 0.0525. The molecule has 0 aliphatic carbocycles. The number of thioether (sulfide) groups is 1. The van der Waals surface area contributed by atoms with Crippen LogP contribution in [0.15, 0.2) is 70.5 Å². The molecule has 1 unspecified atom stereocenters. The summed E-state index contributed by atoms with van der Waals surface area (Å²) in [6, 6.07) is 14.9. The molecule has 0 radical (unpaired) electrons. The van der Waals surface area contributed by atoms with E-state index in [1.54, 1.807) is 12.1 Å². The SMILES string of the molecule is C=CC(F)(F)c1ccc(SCc2nnc(-c3ccc(N4CCC(N(C)C)C4)cc3)o2)cc1. The molecule has 1 aliphatic rings. The Morgan fingerprint density at radius 2 is 1.88 bits per heavy atom. The van der Waals surface area contributed by atoms with Crippen LogP contribution in [0.3, 0.4) is 0 Å². The van der Waals surface area contributed by atoms with Gasteiger partial charge < -0.3 is 14.2 Å². The van der Waals surface area contributed by atoms with Crippen LogP contribution >= 0.6 is 11.8 Å². The second kappa shape index (κ2) is 9.42. The van der Waals surface area contributed by atoms with Gasteiger partial charge in [-0.1, -0.05) is 18.7 Å². The Kier molecular flexibility index (Phi) is 6.62. The molecule has 4 rings (SSSR count). The van der Waals surface area contributed by atoms with E-state index in [2.05, 4.69) is 52.8 Å². The zero-order valence-electron chi connectivity index (χ0n) is 18.2. The fourth-order valence-electron chi connectivity index (χ4n) is 3.68. The average molecular weight is 457 g/mol. The molecule has 0 bridgehead atoms. The molecule has 1 atom stereocenters. The van der Waals surface area contributed by atoms with Gasteiger partial charge in [-0.05, 0) is 63.0 Å². The number of hydrogen-bond donors (Lipinski definition) is 0. The van der Waals surface area contributed by atoms with Crippen LogP contribution in [0.1, 0.15) is 17.9 Å². The summed E-state index contributed by atoms with van der Waals surface area (Å²) in [4.78, 5) is 5.51. The van der Waals surface area contributed by atoms with Crippen molar-refractivity contribution in [2.75, 3.05) is 32.1 Å². The first-order valence-corrected chi connectivity index (χ1v) is 11.4. The molecule has 8 heteroatoms. The lowest BCUT2D eigenvalue weighted by atomic mass is 10.1. The number of hydrogen-bond acceptors (Lipinski definition) is 6. The van der Waals surface area contributed by atoms with Crippen LogP contribution < -0.4 is 4.90 Å². The van der Waals surface area contributed by atoms with Crippen molar-refractivity contribution < 1.29 is 13.2 Å². The lowest BCUT2D eigenvalue weighted by Crippen LogP contribution is -2.31. The van der Waals surface area contributed by atoms with E-state index >= 15 is 0 Å². The maximum Gasteiger partial charge on any atom is 0.291 e. The van der Waals surface area contributed by atoms with Crippen molar-refractivity contribution in [3.63, 3.8) is 0 Å². The monoisotopic (exact) mass is 456 g/mol. The van der Waals surface area contributed by atoms with E-state index in [1.807, 2.05) is 12.1 Å². The van der Waals surface area contributed by atoms with Crippen molar-refractivity contribution in [1.29, 1.82) is 0 Å². The molecule has 0 saturated carbocycles. The van der Waals surface area contributed by atoms with Crippen LogP contribution in [0, 0.1) is 0 Å². The van der Waals surface area contributed by atoms with Gasteiger partial charge in [0.1, 0.15) is 0 Å². The summed E-state index contributed by atoms with van der Waals surface area (Å²) in [5, 5.41) is 8.28. The molecule has 1 aromatic heterocycles. The van der Waals surface area contributed by atoms with E-state index in [0.717, 1.165) is 23.5 Å². The minimum absolute atomic E-state index is 0.0773. The third-order valence-corrected chi connectivity index (χ3v) is 6.69. The zero-order valence-corrected chi connectivity index (χ0v) is 19.0. The highest BCUT2D eigenvalue weighted by molar-refractivity contribution is 7.98. The van der Waals surface area contributed by atoms with Crippen LogP contribution in [0.2, 0.25) is 0 Å². The minimum Gasteiger partial charge on any atom is -0.420 e. The Morgan fingerprint density at radius 1 is 1.16 bits per heavy atom. The molecule has 2 aromatic carbocycles. The first-order valence-electron chi connectivity index (χ1n) is 10.4. The number of benzene rings is 2. The number of likely N-dealkylation sites (N-methyl/N-ethyl adjacent to an activating group) is 1. The number of anilines is 1. The van der Waals surface area contributed by atoms with Gasteiger partial charge in [-0.3, -0.25) is 0 Å². The molecule has 32 heavy (non-hydrogen) atoms. The van der Waals surface area contributed by atoms with E-state index in [-0.39, 0.29) is 5.56 Å². The highest BCUT2D eigenvalue weighted by Gasteiger charge is 2.26. The second-order valence-corrected chi connectivity index (χ2v) is 9.09. The molecule has 168 valence electrons. The molecule has 2 heterocycles. The maximum absolute atomic E-state index is 13.6. The summed E-state index contributed by atoms with van der Waals surface area (Å²) in [5.41, 5.74) is 1.99. The standard InChI is InChI=1S/C24H26F2N4OS/c1-4-24(25,26)18-7-11-21(12-8-18)32-16-22-27-28-23(31-22)17-5-9-19(10-6-17)30-14-13-20(15-30)29(2)3/h4-12,20H,1,13-16H2,2-3H3. The van der Waals surface area contributed by atoms with Crippen LogP contribution in [0.4, 0.5) is 14.5 Å². The van der Waals surface area contributed by atoms with Gasteiger partial charge >= 0.3 is 0 Å². The summed E-state index contributed by atoms with van der Waals surface area (Å²) in [6.07, 6.45) is 1.81. The number of allylic oxidation sites excluding steroid dienone is 1. The van der Waals surface area contributed by atoms with Gasteiger partial charge in [0.15, 0.2) is 0 Å². The Bertz CT molecular complexity index is 1050. The van der Waals surface area contributed by atoms with E-state index < -0.39 is 5.92 Å². The maximum atomic E-state index is 13.6. The van der Waals surface area contributed by atoms with Crippen LogP contribution in [-0.4, -0.2) is 48.3 Å². The van der Waals surface area contributed by atoms with E-state index in [1.165, 1.54) is 36.0 Å². The third-order valence-electron chi connectivity index (χ3n) is 5.70. The Hall–Kier alpha value is -2.71. The average Bonchev–Trinajstić information content (AvgIpc) is 3.48. The summed E-state index contributed by atoms with van der Waals surface area (Å²) < 4.78 is 33.1. The van der Waals surface area contributed by atoms with Crippen LogP contribution in [0.25, 0.3) is 11.5 Å².